The Balaban J connectivity index is 1.62. The number of rotatable bonds is 10. The highest BCUT2D eigenvalue weighted by atomic mass is 16.5. The van der Waals surface area contributed by atoms with Crippen molar-refractivity contribution in [2.75, 3.05) is 6.61 Å². The van der Waals surface area contributed by atoms with Crippen LogP contribution < -0.4 is 10.6 Å². The number of hydrogen-bond acceptors (Lipinski definition) is 4. The molecular formula is C25H30N2O5. The Hall–Kier alpha value is -3.35. The zero-order chi connectivity index (χ0) is 23.1. The molecule has 0 aromatic heterocycles. The maximum atomic E-state index is 12.6. The van der Waals surface area contributed by atoms with E-state index < -0.39 is 30.1 Å². The molecule has 3 N–H and O–H groups in total. The van der Waals surface area contributed by atoms with Crippen molar-refractivity contribution in [2.24, 2.45) is 0 Å². The highest BCUT2D eigenvalue weighted by Gasteiger charge is 2.30. The number of amides is 2. The molecule has 3 rings (SSSR count). The van der Waals surface area contributed by atoms with Crippen LogP contribution in [0, 0.1) is 0 Å². The topological polar surface area (TPSA) is 105 Å². The van der Waals surface area contributed by atoms with E-state index in [9.17, 15) is 14.4 Å². The van der Waals surface area contributed by atoms with Crippen LogP contribution in [0.4, 0.5) is 4.79 Å². The number of nitrogens with one attached hydrogen (secondary N) is 2. The van der Waals surface area contributed by atoms with E-state index in [1.165, 1.54) is 0 Å². The summed E-state index contributed by atoms with van der Waals surface area (Å²) in [5.74, 6) is -1.44. The highest BCUT2D eigenvalue weighted by molar-refractivity contribution is 5.86. The largest absolute Gasteiger partial charge is 0.481 e. The first-order valence-electron chi connectivity index (χ1n) is 11.1. The average Bonchev–Trinajstić information content (AvgIpc) is 3.10. The lowest BCUT2D eigenvalue weighted by molar-refractivity contribution is -0.137. The number of hydrogen-bond donors (Lipinski definition) is 3. The number of carboxylic acids is 1. The summed E-state index contributed by atoms with van der Waals surface area (Å²) < 4.78 is 5.54. The first-order valence-corrected chi connectivity index (χ1v) is 11.1. The maximum Gasteiger partial charge on any atom is 0.407 e. The van der Waals surface area contributed by atoms with Gasteiger partial charge in [0.15, 0.2) is 0 Å². The van der Waals surface area contributed by atoms with Crippen molar-refractivity contribution in [2.45, 2.75) is 57.5 Å². The molecule has 2 aromatic rings. The lowest BCUT2D eigenvalue weighted by Gasteiger charge is -2.22. The molecular weight excluding hydrogens is 408 g/mol. The van der Waals surface area contributed by atoms with Crippen LogP contribution >= 0.6 is 0 Å². The van der Waals surface area contributed by atoms with Crippen molar-refractivity contribution < 1.29 is 24.2 Å². The molecule has 7 heteroatoms. The van der Waals surface area contributed by atoms with Crippen LogP contribution in [0.25, 0.3) is 11.1 Å². The number of carbonyl (C=O) groups is 3. The van der Waals surface area contributed by atoms with E-state index in [2.05, 4.69) is 22.8 Å². The lowest BCUT2D eigenvalue weighted by atomic mass is 9.98. The second kappa shape index (κ2) is 10.8. The molecule has 1 aliphatic carbocycles. The van der Waals surface area contributed by atoms with Gasteiger partial charge in [-0.05, 0) is 35.1 Å². The quantitative estimate of drug-likeness (QED) is 0.519. The third kappa shape index (κ3) is 5.46. The number of alkyl carbamates (subject to hydrolysis) is 1. The molecule has 7 nitrogen and oxygen atoms in total. The number of aliphatic carboxylic acids is 1. The first-order chi connectivity index (χ1) is 15.4. The van der Waals surface area contributed by atoms with Crippen molar-refractivity contribution in [1.29, 1.82) is 0 Å². The molecule has 0 saturated carbocycles. The van der Waals surface area contributed by atoms with E-state index in [0.717, 1.165) is 22.3 Å². The summed E-state index contributed by atoms with van der Waals surface area (Å²) >= 11 is 0. The Kier molecular flexibility index (Phi) is 7.87. The van der Waals surface area contributed by atoms with Gasteiger partial charge in [0.2, 0.25) is 5.91 Å². The first kappa shape index (κ1) is 23.3. The summed E-state index contributed by atoms with van der Waals surface area (Å²) in [5.41, 5.74) is 4.52. The molecule has 32 heavy (non-hydrogen) atoms. The van der Waals surface area contributed by atoms with E-state index in [0.29, 0.717) is 19.3 Å². The van der Waals surface area contributed by atoms with Gasteiger partial charge in [0.25, 0.3) is 0 Å². The standard InChI is InChI=1S/C25H30N2O5/c1-3-9-22(24(30)26-16(4-2)14-23(28)29)27-25(31)32-15-21-19-12-7-5-10-17(19)18-11-6-8-13-20(18)21/h5-8,10-13,16,21-22H,3-4,9,14-15H2,1-2H3,(H,26,30)(H,27,31)(H,28,29)/t16-,22?/m1/s1. The SMILES string of the molecule is CCCC(NC(=O)OCC1c2ccccc2-c2ccccc21)C(=O)N[C@H](CC)CC(=O)O. The van der Waals surface area contributed by atoms with Crippen LogP contribution in [0.5, 0.6) is 0 Å². The van der Waals surface area contributed by atoms with Crippen molar-refractivity contribution in [3.8, 4) is 11.1 Å². The summed E-state index contributed by atoms with van der Waals surface area (Å²) in [4.78, 5) is 36.1. The van der Waals surface area contributed by atoms with Gasteiger partial charge in [-0.3, -0.25) is 9.59 Å². The van der Waals surface area contributed by atoms with Crippen LogP contribution in [0.3, 0.4) is 0 Å². The van der Waals surface area contributed by atoms with Crippen molar-refractivity contribution in [3.63, 3.8) is 0 Å². The molecule has 1 unspecified atom stereocenters. The van der Waals surface area contributed by atoms with Crippen molar-refractivity contribution in [1.82, 2.24) is 10.6 Å². The molecule has 0 fully saturated rings. The zero-order valence-electron chi connectivity index (χ0n) is 18.5. The third-order valence-corrected chi connectivity index (χ3v) is 5.79. The van der Waals surface area contributed by atoms with Gasteiger partial charge >= 0.3 is 12.1 Å². The van der Waals surface area contributed by atoms with E-state index in [4.69, 9.17) is 9.84 Å². The van der Waals surface area contributed by atoms with Gasteiger partial charge < -0.3 is 20.5 Å². The van der Waals surface area contributed by atoms with Gasteiger partial charge in [-0.15, -0.1) is 0 Å². The lowest BCUT2D eigenvalue weighted by Crippen LogP contribution is -2.50. The predicted octanol–water partition coefficient (Wildman–Crippen LogP) is 4.06. The van der Waals surface area contributed by atoms with Crippen LogP contribution in [-0.2, 0) is 14.3 Å². The molecule has 0 spiro atoms. The van der Waals surface area contributed by atoms with Gasteiger partial charge in [-0.1, -0.05) is 68.8 Å². The number of fused-ring (bicyclic) bond motifs is 3. The molecule has 170 valence electrons. The monoisotopic (exact) mass is 438 g/mol. The summed E-state index contributed by atoms with van der Waals surface area (Å²) in [6.45, 7) is 3.88. The Morgan fingerprint density at radius 2 is 1.56 bits per heavy atom. The van der Waals surface area contributed by atoms with Crippen LogP contribution in [0.15, 0.2) is 48.5 Å². The van der Waals surface area contributed by atoms with E-state index in [-0.39, 0.29) is 18.9 Å². The molecule has 0 heterocycles. The minimum absolute atomic E-state index is 0.0633. The summed E-state index contributed by atoms with van der Waals surface area (Å²) in [7, 11) is 0. The second-order valence-corrected chi connectivity index (χ2v) is 8.02. The van der Waals surface area contributed by atoms with Gasteiger partial charge in [-0.25, -0.2) is 4.79 Å². The van der Waals surface area contributed by atoms with E-state index in [1.54, 1.807) is 0 Å². The van der Waals surface area contributed by atoms with Gasteiger partial charge in [0.05, 0.1) is 6.42 Å². The van der Waals surface area contributed by atoms with Crippen LogP contribution in [0.2, 0.25) is 0 Å². The Morgan fingerprint density at radius 1 is 0.969 bits per heavy atom. The summed E-state index contributed by atoms with van der Waals surface area (Å²) in [6.07, 6.45) is 0.775. The summed E-state index contributed by atoms with van der Waals surface area (Å²) in [5, 5.41) is 14.4. The molecule has 2 atom stereocenters. The Bertz CT molecular complexity index is 929. The van der Waals surface area contributed by atoms with Crippen molar-refractivity contribution in [3.05, 3.63) is 59.7 Å². The van der Waals surface area contributed by atoms with Crippen molar-refractivity contribution >= 4 is 18.0 Å². The number of carbonyl (C=O) groups excluding carboxylic acids is 2. The Labute approximate surface area is 188 Å². The normalized spacial score (nSPS) is 14.1. The fourth-order valence-corrected chi connectivity index (χ4v) is 4.15. The third-order valence-electron chi connectivity index (χ3n) is 5.79. The number of benzene rings is 2. The second-order valence-electron chi connectivity index (χ2n) is 8.02. The molecule has 2 amide bonds. The predicted molar refractivity (Wildman–Crippen MR) is 121 cm³/mol. The molecule has 2 aromatic carbocycles. The molecule has 0 radical (unpaired) electrons. The van der Waals surface area contributed by atoms with E-state index >= 15 is 0 Å². The molecule has 0 aliphatic heterocycles. The minimum Gasteiger partial charge on any atom is -0.481 e. The molecule has 0 saturated heterocycles. The van der Waals surface area contributed by atoms with E-state index in [1.807, 2.05) is 50.2 Å². The average molecular weight is 439 g/mol. The maximum absolute atomic E-state index is 12.6. The molecule has 0 bridgehead atoms. The minimum atomic E-state index is -0.978. The number of ether oxygens (including phenoxy) is 1. The zero-order valence-corrected chi connectivity index (χ0v) is 18.5. The summed E-state index contributed by atoms with van der Waals surface area (Å²) in [6, 6.07) is 14.9. The number of carboxylic acid groups (broad SMARTS) is 1. The van der Waals surface area contributed by atoms with Crippen LogP contribution in [-0.4, -0.2) is 41.8 Å². The Morgan fingerprint density at radius 3 is 2.09 bits per heavy atom. The fourth-order valence-electron chi connectivity index (χ4n) is 4.15. The van der Waals surface area contributed by atoms with Gasteiger partial charge in [-0.2, -0.15) is 0 Å². The van der Waals surface area contributed by atoms with Gasteiger partial charge in [0.1, 0.15) is 12.6 Å². The van der Waals surface area contributed by atoms with Gasteiger partial charge in [0, 0.05) is 12.0 Å². The fraction of sp³-hybridized carbons (Fsp3) is 0.400. The van der Waals surface area contributed by atoms with Crippen LogP contribution in [0.1, 0.15) is 56.6 Å². The highest BCUT2D eigenvalue weighted by Crippen LogP contribution is 2.44. The smallest absolute Gasteiger partial charge is 0.407 e. The molecule has 1 aliphatic rings.